The van der Waals surface area contributed by atoms with Gasteiger partial charge in [0.2, 0.25) is 0 Å². The number of anilines is 1. The zero-order valence-electron chi connectivity index (χ0n) is 13.8. The predicted molar refractivity (Wildman–Crippen MR) is 91.6 cm³/mol. The van der Waals surface area contributed by atoms with Crippen molar-refractivity contribution in [3.63, 3.8) is 0 Å². The number of hydrogen-bond acceptors (Lipinski definition) is 3. The molecule has 0 saturated carbocycles. The summed E-state index contributed by atoms with van der Waals surface area (Å²) < 4.78 is 40.5. The van der Waals surface area contributed by atoms with Crippen LogP contribution in [0.2, 0.25) is 0 Å². The molecule has 0 unspecified atom stereocenters. The first-order valence-corrected chi connectivity index (χ1v) is 8.34. The van der Waals surface area contributed by atoms with Crippen molar-refractivity contribution in [1.82, 2.24) is 0 Å². The third-order valence-corrected chi connectivity index (χ3v) is 4.62. The Balaban J connectivity index is 1.58. The van der Waals surface area contributed by atoms with Crippen LogP contribution < -0.4 is 15.4 Å². The van der Waals surface area contributed by atoms with Crippen molar-refractivity contribution in [2.45, 2.75) is 31.7 Å². The van der Waals surface area contributed by atoms with E-state index in [0.717, 1.165) is 37.2 Å². The fourth-order valence-electron chi connectivity index (χ4n) is 3.26. The summed E-state index contributed by atoms with van der Waals surface area (Å²) >= 11 is 0. The van der Waals surface area contributed by atoms with Crippen molar-refractivity contribution in [1.29, 1.82) is 0 Å². The fourth-order valence-corrected chi connectivity index (χ4v) is 3.26. The molecule has 3 nitrogen and oxygen atoms in total. The summed E-state index contributed by atoms with van der Waals surface area (Å²) in [5.41, 5.74) is 9.00. The van der Waals surface area contributed by atoms with Gasteiger partial charge in [0, 0.05) is 25.3 Å². The lowest BCUT2D eigenvalue weighted by Crippen LogP contribution is -2.32. The van der Waals surface area contributed by atoms with Crippen LogP contribution in [0.15, 0.2) is 48.5 Å². The molecule has 1 aliphatic heterocycles. The highest BCUT2D eigenvalue weighted by Gasteiger charge is 2.31. The molecule has 0 spiro atoms. The van der Waals surface area contributed by atoms with Crippen LogP contribution in [-0.4, -0.2) is 19.5 Å². The van der Waals surface area contributed by atoms with Gasteiger partial charge in [0.05, 0.1) is 0 Å². The first-order chi connectivity index (χ1) is 11.9. The fraction of sp³-hybridized carbons (Fsp3) is 0.368. The van der Waals surface area contributed by atoms with Crippen molar-refractivity contribution < 1.29 is 17.9 Å². The zero-order chi connectivity index (χ0) is 17.9. The Kier molecular flexibility index (Phi) is 5.18. The second-order valence-corrected chi connectivity index (χ2v) is 6.25. The summed E-state index contributed by atoms with van der Waals surface area (Å²) in [6, 6.07) is 14.5. The van der Waals surface area contributed by atoms with Gasteiger partial charge in [0.1, 0.15) is 5.75 Å². The van der Waals surface area contributed by atoms with Gasteiger partial charge in [-0.3, -0.25) is 0 Å². The first kappa shape index (κ1) is 17.6. The topological polar surface area (TPSA) is 38.5 Å². The van der Waals surface area contributed by atoms with E-state index in [1.54, 1.807) is 12.1 Å². The van der Waals surface area contributed by atoms with Gasteiger partial charge < -0.3 is 15.4 Å². The lowest BCUT2D eigenvalue weighted by Gasteiger charge is -2.34. The molecule has 1 saturated heterocycles. The van der Waals surface area contributed by atoms with Gasteiger partial charge in [0.15, 0.2) is 0 Å². The van der Waals surface area contributed by atoms with Gasteiger partial charge in [-0.15, -0.1) is 13.2 Å². The third kappa shape index (κ3) is 4.66. The maximum atomic E-state index is 12.2. The molecule has 0 aromatic heterocycles. The van der Waals surface area contributed by atoms with Crippen molar-refractivity contribution in [3.05, 3.63) is 59.7 Å². The molecule has 0 radical (unpaired) electrons. The van der Waals surface area contributed by atoms with E-state index < -0.39 is 6.36 Å². The van der Waals surface area contributed by atoms with Crippen molar-refractivity contribution in [3.8, 4) is 5.75 Å². The largest absolute Gasteiger partial charge is 0.573 e. The van der Waals surface area contributed by atoms with E-state index in [-0.39, 0.29) is 5.75 Å². The molecule has 2 aromatic rings. The Labute approximate surface area is 145 Å². The highest BCUT2D eigenvalue weighted by atomic mass is 19.4. The van der Waals surface area contributed by atoms with Crippen LogP contribution in [0.4, 0.5) is 18.9 Å². The lowest BCUT2D eigenvalue weighted by molar-refractivity contribution is -0.274. The number of nitrogens with zero attached hydrogens (tertiary/aromatic N) is 1. The minimum Gasteiger partial charge on any atom is -0.406 e. The molecule has 25 heavy (non-hydrogen) atoms. The number of alkyl halides is 3. The van der Waals surface area contributed by atoms with Crippen LogP contribution in [0.25, 0.3) is 0 Å². The third-order valence-electron chi connectivity index (χ3n) is 4.62. The smallest absolute Gasteiger partial charge is 0.406 e. The second-order valence-electron chi connectivity index (χ2n) is 6.25. The summed E-state index contributed by atoms with van der Waals surface area (Å²) in [7, 11) is 0. The maximum Gasteiger partial charge on any atom is 0.573 e. The predicted octanol–water partition coefficient (Wildman–Crippen LogP) is 4.43. The first-order valence-electron chi connectivity index (χ1n) is 8.34. The van der Waals surface area contributed by atoms with Gasteiger partial charge in [-0.1, -0.05) is 24.3 Å². The molecule has 1 fully saturated rings. The molecule has 0 atom stereocenters. The Bertz CT molecular complexity index is 675. The van der Waals surface area contributed by atoms with Gasteiger partial charge >= 0.3 is 6.36 Å². The van der Waals surface area contributed by atoms with Gasteiger partial charge in [-0.25, -0.2) is 0 Å². The maximum absolute atomic E-state index is 12.2. The number of rotatable bonds is 4. The average Bonchev–Trinajstić information content (AvgIpc) is 2.61. The Morgan fingerprint density at radius 3 is 2.08 bits per heavy atom. The summed E-state index contributed by atoms with van der Waals surface area (Å²) in [6.45, 7) is 2.30. The van der Waals surface area contributed by atoms with E-state index in [4.69, 9.17) is 5.73 Å². The van der Waals surface area contributed by atoms with E-state index in [9.17, 15) is 13.2 Å². The molecular weight excluding hydrogens is 329 g/mol. The lowest BCUT2D eigenvalue weighted by atomic mass is 9.89. The summed E-state index contributed by atoms with van der Waals surface area (Å²) in [6.07, 6.45) is -2.62. The quantitative estimate of drug-likeness (QED) is 0.887. The number of hydrogen-bond donors (Lipinski definition) is 1. The molecule has 6 heteroatoms. The van der Waals surface area contributed by atoms with Gasteiger partial charge in [-0.2, -0.15) is 0 Å². The van der Waals surface area contributed by atoms with E-state index >= 15 is 0 Å². The second kappa shape index (κ2) is 7.35. The van der Waals surface area contributed by atoms with Crippen molar-refractivity contribution >= 4 is 5.69 Å². The average molecular weight is 350 g/mol. The van der Waals surface area contributed by atoms with Gasteiger partial charge in [-0.05, 0) is 54.2 Å². The molecule has 1 heterocycles. The van der Waals surface area contributed by atoms with E-state index in [1.165, 1.54) is 17.7 Å². The summed E-state index contributed by atoms with van der Waals surface area (Å²) in [5, 5.41) is 0. The highest BCUT2D eigenvalue weighted by Crippen LogP contribution is 2.32. The molecule has 0 aliphatic carbocycles. The standard InChI is InChI=1S/C19H21F3N2O/c20-19(21,22)25-18-7-5-17(6-8-18)24-11-9-16(10-12-24)15-3-1-14(13-23)2-4-15/h1-8,16H,9-13,23H2. The molecule has 134 valence electrons. The van der Waals surface area contributed by atoms with Crippen LogP contribution in [0.5, 0.6) is 5.75 Å². The Morgan fingerprint density at radius 1 is 0.960 bits per heavy atom. The van der Waals surface area contributed by atoms with Crippen LogP contribution >= 0.6 is 0 Å². The number of ether oxygens (including phenoxy) is 1. The Morgan fingerprint density at radius 2 is 1.56 bits per heavy atom. The minimum atomic E-state index is -4.65. The van der Waals surface area contributed by atoms with Crippen LogP contribution in [-0.2, 0) is 6.54 Å². The Hall–Kier alpha value is -2.21. The molecular formula is C19H21F3N2O. The summed E-state index contributed by atoms with van der Waals surface area (Å²) in [4.78, 5) is 2.20. The minimum absolute atomic E-state index is 0.189. The van der Waals surface area contributed by atoms with Crippen molar-refractivity contribution in [2.24, 2.45) is 5.73 Å². The molecule has 1 aliphatic rings. The number of benzene rings is 2. The molecule has 2 aromatic carbocycles. The van der Waals surface area contributed by atoms with Crippen LogP contribution in [0, 0.1) is 0 Å². The normalized spacial score (nSPS) is 16.1. The van der Waals surface area contributed by atoms with E-state index in [1.807, 2.05) is 0 Å². The highest BCUT2D eigenvalue weighted by molar-refractivity contribution is 5.49. The van der Waals surface area contributed by atoms with Crippen molar-refractivity contribution in [2.75, 3.05) is 18.0 Å². The molecule has 2 N–H and O–H groups in total. The molecule has 0 bridgehead atoms. The van der Waals surface area contributed by atoms with Crippen LogP contribution in [0.3, 0.4) is 0 Å². The monoisotopic (exact) mass is 350 g/mol. The van der Waals surface area contributed by atoms with Gasteiger partial charge in [0.25, 0.3) is 0 Å². The van der Waals surface area contributed by atoms with Crippen LogP contribution in [0.1, 0.15) is 29.9 Å². The SMILES string of the molecule is NCc1ccc(C2CCN(c3ccc(OC(F)(F)F)cc3)CC2)cc1. The zero-order valence-corrected chi connectivity index (χ0v) is 13.8. The number of nitrogens with two attached hydrogens (primary N) is 1. The molecule has 3 rings (SSSR count). The van der Waals surface area contributed by atoms with E-state index in [0.29, 0.717) is 12.5 Å². The van der Waals surface area contributed by atoms with E-state index in [2.05, 4.69) is 33.9 Å². The number of halogens is 3. The summed E-state index contributed by atoms with van der Waals surface area (Å²) in [5.74, 6) is 0.321. The number of piperidine rings is 1. The molecule has 0 amide bonds.